The molecule has 0 aromatic carbocycles. The molecular formula is C8H8BNO3. The zero-order valence-electron chi connectivity index (χ0n) is 6.84. The van der Waals surface area contributed by atoms with Crippen LogP contribution in [0.5, 0.6) is 5.75 Å². The van der Waals surface area contributed by atoms with Gasteiger partial charge in [-0.1, -0.05) is 0 Å². The van der Waals surface area contributed by atoms with Crippen LogP contribution >= 0.6 is 0 Å². The maximum absolute atomic E-state index is 8.87. The molecule has 0 fully saturated rings. The lowest BCUT2D eigenvalue weighted by molar-refractivity contribution is 0.356. The second-order valence-electron chi connectivity index (χ2n) is 2.74. The highest BCUT2D eigenvalue weighted by Gasteiger charge is 2.15. The number of hydrogen-bond acceptors (Lipinski definition) is 4. The molecule has 1 aromatic heterocycles. The molecule has 2 N–H and O–H groups in total. The van der Waals surface area contributed by atoms with E-state index in [9.17, 15) is 0 Å². The molecule has 4 nitrogen and oxygen atoms in total. The number of fused-ring (bicyclic) bond motifs is 1. The fourth-order valence-electron chi connectivity index (χ4n) is 1.15. The predicted octanol–water partition coefficient (Wildman–Crippen LogP) is -0.833. The molecule has 0 aliphatic carbocycles. The SMILES string of the molecule is OB(O)c1cnc2c(c1)OCC=C2. The van der Waals surface area contributed by atoms with Gasteiger partial charge in [0.2, 0.25) is 0 Å². The van der Waals surface area contributed by atoms with Gasteiger partial charge >= 0.3 is 7.12 Å². The monoisotopic (exact) mass is 177 g/mol. The maximum Gasteiger partial charge on any atom is 0.490 e. The van der Waals surface area contributed by atoms with Crippen LogP contribution in [0.3, 0.4) is 0 Å². The van der Waals surface area contributed by atoms with Crippen LogP contribution in [-0.2, 0) is 0 Å². The van der Waals surface area contributed by atoms with Crippen molar-refractivity contribution in [1.29, 1.82) is 0 Å². The van der Waals surface area contributed by atoms with E-state index in [-0.39, 0.29) is 0 Å². The third-order valence-electron chi connectivity index (χ3n) is 1.81. The number of rotatable bonds is 1. The molecule has 13 heavy (non-hydrogen) atoms. The van der Waals surface area contributed by atoms with Crippen molar-refractivity contribution in [2.75, 3.05) is 6.61 Å². The van der Waals surface area contributed by atoms with Gasteiger partial charge in [-0.2, -0.15) is 0 Å². The van der Waals surface area contributed by atoms with Crippen molar-refractivity contribution in [3.63, 3.8) is 0 Å². The van der Waals surface area contributed by atoms with Crippen molar-refractivity contribution in [2.45, 2.75) is 0 Å². The lowest BCUT2D eigenvalue weighted by atomic mass is 9.81. The molecule has 2 rings (SSSR count). The summed E-state index contributed by atoms with van der Waals surface area (Å²) in [4.78, 5) is 4.01. The van der Waals surface area contributed by atoms with Crippen LogP contribution in [0.4, 0.5) is 0 Å². The fourth-order valence-corrected chi connectivity index (χ4v) is 1.15. The molecule has 0 radical (unpaired) electrons. The van der Waals surface area contributed by atoms with Gasteiger partial charge < -0.3 is 14.8 Å². The molecule has 0 amide bonds. The summed E-state index contributed by atoms with van der Waals surface area (Å²) in [6.07, 6.45) is 5.11. The highest BCUT2D eigenvalue weighted by molar-refractivity contribution is 6.58. The molecule has 1 aromatic rings. The van der Waals surface area contributed by atoms with Crippen molar-refractivity contribution >= 4 is 18.7 Å². The normalized spacial score (nSPS) is 13.4. The summed E-state index contributed by atoms with van der Waals surface area (Å²) in [5.74, 6) is 0.591. The number of aromatic nitrogens is 1. The Labute approximate surface area is 75.6 Å². The Kier molecular flexibility index (Phi) is 2.04. The third kappa shape index (κ3) is 1.56. The minimum absolute atomic E-state index is 0.342. The fraction of sp³-hybridized carbons (Fsp3) is 0.125. The first kappa shape index (κ1) is 8.28. The van der Waals surface area contributed by atoms with E-state index in [1.807, 2.05) is 12.2 Å². The van der Waals surface area contributed by atoms with Gasteiger partial charge in [-0.25, -0.2) is 0 Å². The van der Waals surface area contributed by atoms with Gasteiger partial charge in [0.1, 0.15) is 18.1 Å². The van der Waals surface area contributed by atoms with Gasteiger partial charge in [0, 0.05) is 11.7 Å². The van der Waals surface area contributed by atoms with Gasteiger partial charge in [-0.05, 0) is 18.2 Å². The highest BCUT2D eigenvalue weighted by Crippen LogP contribution is 2.19. The molecule has 0 bridgehead atoms. The van der Waals surface area contributed by atoms with E-state index in [0.717, 1.165) is 5.69 Å². The minimum atomic E-state index is -1.49. The average Bonchev–Trinajstić information content (AvgIpc) is 2.17. The zero-order valence-corrected chi connectivity index (χ0v) is 6.84. The van der Waals surface area contributed by atoms with E-state index in [4.69, 9.17) is 14.8 Å². The van der Waals surface area contributed by atoms with Crippen LogP contribution in [0.2, 0.25) is 0 Å². The smallest absolute Gasteiger partial charge is 0.487 e. The molecule has 0 spiro atoms. The summed E-state index contributed by atoms with van der Waals surface area (Å²) in [6.45, 7) is 0.500. The van der Waals surface area contributed by atoms with Crippen molar-refractivity contribution in [1.82, 2.24) is 4.98 Å². The molecular weight excluding hydrogens is 169 g/mol. The number of pyridine rings is 1. The molecule has 66 valence electrons. The second-order valence-corrected chi connectivity index (χ2v) is 2.74. The minimum Gasteiger partial charge on any atom is -0.487 e. The highest BCUT2D eigenvalue weighted by atomic mass is 16.5. The van der Waals surface area contributed by atoms with Crippen molar-refractivity contribution in [2.24, 2.45) is 0 Å². The predicted molar refractivity (Wildman–Crippen MR) is 48.6 cm³/mol. The molecule has 0 saturated heterocycles. The largest absolute Gasteiger partial charge is 0.490 e. The first-order chi connectivity index (χ1) is 6.27. The summed E-state index contributed by atoms with van der Waals surface area (Å²) >= 11 is 0. The lowest BCUT2D eigenvalue weighted by Gasteiger charge is -2.12. The first-order valence-corrected chi connectivity index (χ1v) is 3.93. The quantitative estimate of drug-likeness (QED) is 0.549. The van der Waals surface area contributed by atoms with Crippen LogP contribution in [-0.4, -0.2) is 28.8 Å². The van der Waals surface area contributed by atoms with Crippen LogP contribution in [0, 0.1) is 0 Å². The van der Waals surface area contributed by atoms with E-state index in [0.29, 0.717) is 17.8 Å². The van der Waals surface area contributed by atoms with Crippen LogP contribution in [0.15, 0.2) is 18.3 Å². The topological polar surface area (TPSA) is 62.6 Å². The summed E-state index contributed by atoms with van der Waals surface area (Å²) in [5, 5.41) is 17.7. The summed E-state index contributed by atoms with van der Waals surface area (Å²) in [6, 6.07) is 1.58. The standard InChI is InChI=1S/C8H8BNO3/c11-9(12)6-4-8-7(10-5-6)2-1-3-13-8/h1-2,4-5,11-12H,3H2. The van der Waals surface area contributed by atoms with Gasteiger partial charge in [-0.15, -0.1) is 0 Å². The van der Waals surface area contributed by atoms with E-state index in [1.54, 1.807) is 6.07 Å². The molecule has 0 unspecified atom stereocenters. The molecule has 0 atom stereocenters. The Morgan fingerprint density at radius 2 is 2.31 bits per heavy atom. The Bertz CT molecular complexity index is 351. The zero-order chi connectivity index (χ0) is 9.26. The number of nitrogens with zero attached hydrogens (tertiary/aromatic N) is 1. The summed E-state index contributed by atoms with van der Waals surface area (Å²) in [7, 11) is -1.49. The Morgan fingerprint density at radius 3 is 3.08 bits per heavy atom. The van der Waals surface area contributed by atoms with Crippen LogP contribution < -0.4 is 10.2 Å². The molecule has 1 aliphatic rings. The number of hydrogen-bond donors (Lipinski definition) is 2. The Balaban J connectivity index is 2.42. The van der Waals surface area contributed by atoms with Gasteiger partial charge in [-0.3, -0.25) is 4.98 Å². The molecule has 1 aliphatic heterocycles. The first-order valence-electron chi connectivity index (χ1n) is 3.93. The van der Waals surface area contributed by atoms with Crippen LogP contribution in [0.1, 0.15) is 5.69 Å². The Hall–Kier alpha value is -1.33. The van der Waals surface area contributed by atoms with Crippen molar-refractivity contribution in [3.8, 4) is 5.75 Å². The van der Waals surface area contributed by atoms with E-state index < -0.39 is 7.12 Å². The lowest BCUT2D eigenvalue weighted by Crippen LogP contribution is -2.30. The summed E-state index contributed by atoms with van der Waals surface area (Å²) in [5.41, 5.74) is 1.06. The average molecular weight is 177 g/mol. The Morgan fingerprint density at radius 1 is 1.46 bits per heavy atom. The van der Waals surface area contributed by atoms with Crippen molar-refractivity contribution in [3.05, 3.63) is 24.0 Å². The molecule has 0 saturated carbocycles. The second kappa shape index (κ2) is 3.20. The van der Waals surface area contributed by atoms with Crippen LogP contribution in [0.25, 0.3) is 6.08 Å². The van der Waals surface area contributed by atoms with E-state index >= 15 is 0 Å². The molecule has 5 heteroatoms. The summed E-state index contributed by atoms with van der Waals surface area (Å²) < 4.78 is 5.24. The third-order valence-corrected chi connectivity index (χ3v) is 1.81. The maximum atomic E-state index is 8.87. The molecule has 2 heterocycles. The van der Waals surface area contributed by atoms with Gasteiger partial charge in [0.05, 0.1) is 0 Å². The van der Waals surface area contributed by atoms with Gasteiger partial charge in [0.25, 0.3) is 0 Å². The van der Waals surface area contributed by atoms with E-state index in [2.05, 4.69) is 4.98 Å². The van der Waals surface area contributed by atoms with E-state index in [1.165, 1.54) is 6.20 Å². The number of ether oxygens (including phenoxy) is 1. The van der Waals surface area contributed by atoms with Crippen molar-refractivity contribution < 1.29 is 14.8 Å². The van der Waals surface area contributed by atoms with Gasteiger partial charge in [0.15, 0.2) is 0 Å².